The molecule has 0 aliphatic carbocycles. The normalized spacial score (nSPS) is 12.4. The number of amides is 1. The molecule has 0 unspecified atom stereocenters. The Labute approximate surface area is 92.6 Å². The lowest BCUT2D eigenvalue weighted by Gasteiger charge is -2.08. The summed E-state index contributed by atoms with van der Waals surface area (Å²) in [5.41, 5.74) is 0. The molecule has 0 bridgehead atoms. The van der Waals surface area contributed by atoms with Crippen molar-refractivity contribution in [2.45, 2.75) is 31.9 Å². The Balaban J connectivity index is 2.27. The average Bonchev–Trinajstić information content (AvgIpc) is 2.70. The van der Waals surface area contributed by atoms with Gasteiger partial charge in [-0.3, -0.25) is 10.1 Å². The molecule has 1 heterocycles. The van der Waals surface area contributed by atoms with E-state index in [1.54, 1.807) is 11.8 Å². The molecular formula is C8H15N5OS. The molecule has 0 fully saturated rings. The number of hydrogen-bond donors (Lipinski definition) is 2. The standard InChI is InChI=1S/C8H15N5OS/c1-3-4-5-15-6(2)7(14)9-8-10-12-13-11-8/h6H,3-5H2,1-2H3,(H2,9,10,11,12,13,14)/t6-/m1/s1. The van der Waals surface area contributed by atoms with Gasteiger partial charge in [-0.1, -0.05) is 18.4 Å². The minimum absolute atomic E-state index is 0.0856. The molecule has 0 saturated heterocycles. The van der Waals surface area contributed by atoms with Crippen LogP contribution in [0, 0.1) is 0 Å². The number of nitrogens with one attached hydrogen (secondary N) is 2. The maximum Gasteiger partial charge on any atom is 0.269 e. The van der Waals surface area contributed by atoms with Gasteiger partial charge in [0.1, 0.15) is 0 Å². The van der Waals surface area contributed by atoms with E-state index in [-0.39, 0.29) is 17.1 Å². The highest BCUT2D eigenvalue weighted by Gasteiger charge is 2.14. The van der Waals surface area contributed by atoms with Crippen LogP contribution >= 0.6 is 11.8 Å². The summed E-state index contributed by atoms with van der Waals surface area (Å²) < 4.78 is 0. The van der Waals surface area contributed by atoms with Gasteiger partial charge in [-0.2, -0.15) is 5.21 Å². The molecule has 7 heteroatoms. The molecule has 6 nitrogen and oxygen atoms in total. The van der Waals surface area contributed by atoms with Crippen LogP contribution in [0.25, 0.3) is 0 Å². The van der Waals surface area contributed by atoms with Crippen LogP contribution in [0.15, 0.2) is 0 Å². The number of rotatable bonds is 6. The minimum atomic E-state index is -0.0879. The Morgan fingerprint density at radius 2 is 2.47 bits per heavy atom. The van der Waals surface area contributed by atoms with Gasteiger partial charge in [0.05, 0.1) is 5.25 Å². The van der Waals surface area contributed by atoms with E-state index in [1.165, 1.54) is 0 Å². The van der Waals surface area contributed by atoms with Crippen LogP contribution in [0.5, 0.6) is 0 Å². The zero-order valence-corrected chi connectivity index (χ0v) is 9.67. The summed E-state index contributed by atoms with van der Waals surface area (Å²) in [6, 6.07) is 0. The summed E-state index contributed by atoms with van der Waals surface area (Å²) in [5.74, 6) is 1.14. The number of H-pyrrole nitrogens is 1. The largest absolute Gasteiger partial charge is 0.291 e. The molecular weight excluding hydrogens is 214 g/mol. The number of nitrogens with zero attached hydrogens (tertiary/aromatic N) is 3. The van der Waals surface area contributed by atoms with E-state index >= 15 is 0 Å². The quantitative estimate of drug-likeness (QED) is 0.713. The number of hydrogen-bond acceptors (Lipinski definition) is 5. The molecule has 2 N–H and O–H groups in total. The smallest absolute Gasteiger partial charge is 0.269 e. The highest BCUT2D eigenvalue weighted by Crippen LogP contribution is 2.13. The predicted octanol–water partition coefficient (Wildman–Crippen LogP) is 1.06. The van der Waals surface area contributed by atoms with Crippen molar-refractivity contribution in [3.8, 4) is 0 Å². The van der Waals surface area contributed by atoms with Crippen LogP contribution in [-0.4, -0.2) is 37.5 Å². The van der Waals surface area contributed by atoms with E-state index in [9.17, 15) is 4.79 Å². The molecule has 0 aliphatic rings. The zero-order chi connectivity index (χ0) is 11.1. The van der Waals surface area contributed by atoms with Crippen LogP contribution in [0.2, 0.25) is 0 Å². The van der Waals surface area contributed by atoms with Gasteiger partial charge < -0.3 is 0 Å². The van der Waals surface area contributed by atoms with Crippen molar-refractivity contribution < 1.29 is 4.79 Å². The molecule has 15 heavy (non-hydrogen) atoms. The molecule has 1 atom stereocenters. The van der Waals surface area contributed by atoms with Crippen LogP contribution < -0.4 is 5.32 Å². The fourth-order valence-corrected chi connectivity index (χ4v) is 1.93. The van der Waals surface area contributed by atoms with Gasteiger partial charge >= 0.3 is 0 Å². The van der Waals surface area contributed by atoms with Crippen molar-refractivity contribution in [3.63, 3.8) is 0 Å². The van der Waals surface area contributed by atoms with Gasteiger partial charge in [-0.05, 0) is 24.3 Å². The lowest BCUT2D eigenvalue weighted by Crippen LogP contribution is -2.23. The number of tetrazole rings is 1. The third-order valence-corrected chi connectivity index (χ3v) is 3.05. The maximum absolute atomic E-state index is 11.6. The van der Waals surface area contributed by atoms with Crippen molar-refractivity contribution in [1.29, 1.82) is 0 Å². The number of unbranched alkanes of at least 4 members (excludes halogenated alkanes) is 1. The second kappa shape index (κ2) is 6.39. The molecule has 1 rings (SSSR count). The third-order valence-electron chi connectivity index (χ3n) is 1.82. The van der Waals surface area contributed by atoms with Crippen molar-refractivity contribution in [1.82, 2.24) is 20.6 Å². The van der Waals surface area contributed by atoms with E-state index in [4.69, 9.17) is 0 Å². The highest BCUT2D eigenvalue weighted by atomic mass is 32.2. The summed E-state index contributed by atoms with van der Waals surface area (Å²) in [6.45, 7) is 4.00. The lowest BCUT2D eigenvalue weighted by atomic mass is 10.4. The summed E-state index contributed by atoms with van der Waals surface area (Å²) in [4.78, 5) is 11.6. The molecule has 84 valence electrons. The molecule has 0 saturated carbocycles. The monoisotopic (exact) mass is 229 g/mol. The van der Waals surface area contributed by atoms with Crippen molar-refractivity contribution >= 4 is 23.6 Å². The van der Waals surface area contributed by atoms with E-state index < -0.39 is 0 Å². The van der Waals surface area contributed by atoms with Gasteiger partial charge in [0, 0.05) is 0 Å². The van der Waals surface area contributed by atoms with Crippen LogP contribution in [-0.2, 0) is 4.79 Å². The summed E-state index contributed by atoms with van der Waals surface area (Å²) in [5, 5.41) is 15.4. The van der Waals surface area contributed by atoms with E-state index in [1.807, 2.05) is 6.92 Å². The van der Waals surface area contributed by atoms with Crippen LogP contribution in [0.3, 0.4) is 0 Å². The first kappa shape index (κ1) is 12.0. The lowest BCUT2D eigenvalue weighted by molar-refractivity contribution is -0.115. The highest BCUT2D eigenvalue weighted by molar-refractivity contribution is 8.00. The molecule has 0 aromatic carbocycles. The summed E-state index contributed by atoms with van der Waals surface area (Å²) in [6.07, 6.45) is 2.27. The molecule has 0 radical (unpaired) electrons. The van der Waals surface area contributed by atoms with Crippen molar-refractivity contribution in [3.05, 3.63) is 0 Å². The van der Waals surface area contributed by atoms with Gasteiger partial charge in [0.25, 0.3) is 5.95 Å². The van der Waals surface area contributed by atoms with Gasteiger partial charge in [0.15, 0.2) is 0 Å². The molecule has 1 aromatic rings. The zero-order valence-electron chi connectivity index (χ0n) is 8.86. The minimum Gasteiger partial charge on any atom is -0.291 e. The van der Waals surface area contributed by atoms with Crippen molar-refractivity contribution in [2.24, 2.45) is 0 Å². The second-order valence-electron chi connectivity index (χ2n) is 3.09. The first-order chi connectivity index (χ1) is 7.24. The predicted molar refractivity (Wildman–Crippen MR) is 59.6 cm³/mol. The Morgan fingerprint density at radius 1 is 1.67 bits per heavy atom. The number of anilines is 1. The van der Waals surface area contributed by atoms with Crippen molar-refractivity contribution in [2.75, 3.05) is 11.1 Å². The molecule has 0 spiro atoms. The Bertz CT molecular complexity index is 289. The van der Waals surface area contributed by atoms with Crippen LogP contribution in [0.4, 0.5) is 5.95 Å². The number of thioether (sulfide) groups is 1. The second-order valence-corrected chi connectivity index (χ2v) is 4.54. The summed E-state index contributed by atoms with van der Waals surface area (Å²) >= 11 is 1.63. The SMILES string of the molecule is CCCCS[C@H](C)C(=O)Nc1nn[nH]n1. The van der Waals surface area contributed by atoms with E-state index in [2.05, 4.69) is 32.9 Å². The van der Waals surface area contributed by atoms with Gasteiger partial charge in [-0.25, -0.2) is 0 Å². The Morgan fingerprint density at radius 3 is 3.07 bits per heavy atom. The van der Waals surface area contributed by atoms with E-state index in [0.717, 1.165) is 18.6 Å². The fraction of sp³-hybridized carbons (Fsp3) is 0.750. The maximum atomic E-state index is 11.6. The number of aromatic amines is 1. The van der Waals surface area contributed by atoms with Gasteiger partial charge in [-0.15, -0.1) is 16.9 Å². The fourth-order valence-electron chi connectivity index (χ4n) is 0.907. The number of aromatic nitrogens is 4. The van der Waals surface area contributed by atoms with Gasteiger partial charge in [0.2, 0.25) is 5.91 Å². The number of carbonyl (C=O) groups is 1. The third kappa shape index (κ3) is 4.28. The Hall–Kier alpha value is -1.11. The average molecular weight is 229 g/mol. The summed E-state index contributed by atoms with van der Waals surface area (Å²) in [7, 11) is 0. The molecule has 1 amide bonds. The molecule has 0 aliphatic heterocycles. The van der Waals surface area contributed by atoms with E-state index in [0.29, 0.717) is 0 Å². The first-order valence-electron chi connectivity index (χ1n) is 4.90. The van der Waals surface area contributed by atoms with Crippen LogP contribution in [0.1, 0.15) is 26.7 Å². The number of carbonyl (C=O) groups excluding carboxylic acids is 1. The Kier molecular flexibility index (Phi) is 5.09. The molecule has 1 aromatic heterocycles. The first-order valence-corrected chi connectivity index (χ1v) is 5.94. The topological polar surface area (TPSA) is 83.6 Å².